The molecule has 10 rings (SSSR count). The van der Waals surface area contributed by atoms with Gasteiger partial charge in [0.25, 0.3) is 0 Å². The molecule has 1 aliphatic carbocycles. The molecule has 2 heteroatoms. The molecular weight excluding hydrogens is 581 g/mol. The lowest BCUT2D eigenvalue weighted by molar-refractivity contribution is 0.968. The Balaban J connectivity index is 1.14. The van der Waals surface area contributed by atoms with Gasteiger partial charge in [-0.25, -0.2) is 0 Å². The van der Waals surface area contributed by atoms with E-state index < -0.39 is 0 Å². The van der Waals surface area contributed by atoms with Crippen LogP contribution in [0.3, 0.4) is 0 Å². The molecule has 7 aromatic carbocycles. The van der Waals surface area contributed by atoms with Crippen LogP contribution in [0.2, 0.25) is 0 Å². The number of aromatic nitrogens is 2. The molecule has 0 amide bonds. The normalized spacial score (nSPS) is 12.8. The molecule has 0 fully saturated rings. The van der Waals surface area contributed by atoms with Crippen LogP contribution in [0, 0.1) is 0 Å². The van der Waals surface area contributed by atoms with E-state index in [9.17, 15) is 0 Å². The lowest BCUT2D eigenvalue weighted by Crippen LogP contribution is -2.00. The SMILES string of the molecule is C1=Cc2c(c3c4c5ccccc5n(-c5ccc(-c6ccc(-c7ccccc7)cc6)cc5)c4ccc3n2-c2ccc3ccccc3c2)CC1. The van der Waals surface area contributed by atoms with Crippen LogP contribution in [0.15, 0.2) is 164 Å². The summed E-state index contributed by atoms with van der Waals surface area (Å²) >= 11 is 0. The van der Waals surface area contributed by atoms with Crippen LogP contribution in [0.1, 0.15) is 17.7 Å². The van der Waals surface area contributed by atoms with E-state index in [4.69, 9.17) is 0 Å². The summed E-state index contributed by atoms with van der Waals surface area (Å²) in [5, 5.41) is 6.55. The van der Waals surface area contributed by atoms with Gasteiger partial charge in [0.2, 0.25) is 0 Å². The van der Waals surface area contributed by atoms with E-state index in [-0.39, 0.29) is 0 Å². The minimum absolute atomic E-state index is 1.04. The number of fused-ring (bicyclic) bond motifs is 8. The predicted octanol–water partition coefficient (Wildman–Crippen LogP) is 12.2. The van der Waals surface area contributed by atoms with Crippen LogP contribution in [0.25, 0.3) is 83.2 Å². The first-order valence-corrected chi connectivity index (χ1v) is 16.8. The Kier molecular flexibility index (Phi) is 6.04. The van der Waals surface area contributed by atoms with E-state index in [0.29, 0.717) is 0 Å². The van der Waals surface area contributed by atoms with Gasteiger partial charge < -0.3 is 9.13 Å². The highest BCUT2D eigenvalue weighted by Gasteiger charge is 2.24. The molecule has 226 valence electrons. The number of benzene rings is 7. The Morgan fingerprint density at radius 2 is 1.02 bits per heavy atom. The van der Waals surface area contributed by atoms with Crippen molar-refractivity contribution in [2.24, 2.45) is 0 Å². The molecule has 0 bridgehead atoms. The number of nitrogens with zero attached hydrogens (tertiary/aromatic N) is 2. The maximum atomic E-state index is 2.48. The molecule has 2 heterocycles. The summed E-state index contributed by atoms with van der Waals surface area (Å²) in [7, 11) is 0. The van der Waals surface area contributed by atoms with Crippen LogP contribution in [0.5, 0.6) is 0 Å². The zero-order valence-corrected chi connectivity index (χ0v) is 26.5. The lowest BCUT2D eigenvalue weighted by Gasteiger charge is -2.13. The summed E-state index contributed by atoms with van der Waals surface area (Å²) in [6.45, 7) is 0. The second-order valence-corrected chi connectivity index (χ2v) is 12.9. The Morgan fingerprint density at radius 3 is 1.79 bits per heavy atom. The third-order valence-corrected chi connectivity index (χ3v) is 10.2. The predicted molar refractivity (Wildman–Crippen MR) is 203 cm³/mol. The van der Waals surface area contributed by atoms with Crippen molar-refractivity contribution in [2.75, 3.05) is 0 Å². The fourth-order valence-electron chi connectivity index (χ4n) is 7.95. The minimum Gasteiger partial charge on any atom is -0.310 e. The van der Waals surface area contributed by atoms with Crippen molar-refractivity contribution in [3.63, 3.8) is 0 Å². The van der Waals surface area contributed by atoms with E-state index in [0.717, 1.165) is 12.8 Å². The molecule has 2 aromatic heterocycles. The minimum atomic E-state index is 1.04. The van der Waals surface area contributed by atoms with Gasteiger partial charge >= 0.3 is 0 Å². The van der Waals surface area contributed by atoms with E-state index in [2.05, 4.69) is 179 Å². The van der Waals surface area contributed by atoms with Gasteiger partial charge in [-0.3, -0.25) is 0 Å². The maximum absolute atomic E-state index is 2.48. The molecule has 0 unspecified atom stereocenters. The number of para-hydroxylation sites is 1. The first kappa shape index (κ1) is 27.0. The highest BCUT2D eigenvalue weighted by atomic mass is 15.0. The van der Waals surface area contributed by atoms with Gasteiger partial charge in [0.05, 0.1) is 16.6 Å². The topological polar surface area (TPSA) is 9.86 Å². The van der Waals surface area contributed by atoms with Gasteiger partial charge in [0, 0.05) is 33.2 Å². The zero-order chi connectivity index (χ0) is 31.6. The summed E-state index contributed by atoms with van der Waals surface area (Å²) in [6, 6.07) is 57.6. The summed E-state index contributed by atoms with van der Waals surface area (Å²) in [5.41, 5.74) is 13.8. The summed E-state index contributed by atoms with van der Waals surface area (Å²) in [6.07, 6.45) is 6.77. The van der Waals surface area contributed by atoms with Crippen molar-refractivity contribution in [1.29, 1.82) is 0 Å². The van der Waals surface area contributed by atoms with Crippen molar-refractivity contribution in [2.45, 2.75) is 12.8 Å². The molecule has 1 aliphatic rings. The van der Waals surface area contributed by atoms with Crippen LogP contribution in [-0.2, 0) is 6.42 Å². The van der Waals surface area contributed by atoms with Crippen molar-refractivity contribution >= 4 is 49.6 Å². The largest absolute Gasteiger partial charge is 0.310 e. The lowest BCUT2D eigenvalue weighted by atomic mass is 9.98. The Labute approximate surface area is 279 Å². The van der Waals surface area contributed by atoms with Crippen molar-refractivity contribution < 1.29 is 0 Å². The Morgan fingerprint density at radius 1 is 0.417 bits per heavy atom. The van der Waals surface area contributed by atoms with Gasteiger partial charge in [0.15, 0.2) is 0 Å². The molecule has 9 aromatic rings. The van der Waals surface area contributed by atoms with Crippen molar-refractivity contribution in [3.05, 3.63) is 175 Å². The molecule has 48 heavy (non-hydrogen) atoms. The van der Waals surface area contributed by atoms with Gasteiger partial charge in [-0.1, -0.05) is 121 Å². The molecule has 0 radical (unpaired) electrons. The van der Waals surface area contributed by atoms with E-state index in [1.807, 2.05) is 0 Å². The van der Waals surface area contributed by atoms with Crippen LogP contribution in [-0.4, -0.2) is 9.13 Å². The summed E-state index contributed by atoms with van der Waals surface area (Å²) in [4.78, 5) is 0. The highest BCUT2D eigenvalue weighted by Crippen LogP contribution is 2.43. The Bertz CT molecular complexity index is 2690. The third kappa shape index (κ3) is 4.13. The van der Waals surface area contributed by atoms with Crippen molar-refractivity contribution in [3.8, 4) is 33.6 Å². The monoisotopic (exact) mass is 612 g/mol. The molecule has 0 aliphatic heterocycles. The molecule has 0 saturated heterocycles. The van der Waals surface area contributed by atoms with Gasteiger partial charge in [0.1, 0.15) is 0 Å². The second kappa shape index (κ2) is 10.7. The third-order valence-electron chi connectivity index (χ3n) is 10.2. The molecule has 0 atom stereocenters. The standard InChI is InChI=1S/C46H32N2/c1-2-10-31(11-3-1)33-18-20-34(21-19-33)35-22-25-37(26-23-35)47-41-16-8-6-14-39(41)45-43(47)28-29-44-46(45)40-15-7-9-17-42(40)48(44)38-27-24-32-12-4-5-13-36(32)30-38/h1-6,8-14,16-30H,7,15H2. The van der Waals surface area contributed by atoms with Gasteiger partial charge in [-0.15, -0.1) is 0 Å². The molecule has 0 N–H and O–H groups in total. The number of allylic oxidation sites excluding steroid dienone is 1. The molecule has 2 nitrogen and oxygen atoms in total. The zero-order valence-electron chi connectivity index (χ0n) is 26.5. The van der Waals surface area contributed by atoms with Crippen molar-refractivity contribution in [1.82, 2.24) is 9.13 Å². The van der Waals surface area contributed by atoms with E-state index >= 15 is 0 Å². The fraction of sp³-hybridized carbons (Fsp3) is 0.0435. The highest BCUT2D eigenvalue weighted by molar-refractivity contribution is 6.23. The quantitative estimate of drug-likeness (QED) is 0.187. The fourth-order valence-corrected chi connectivity index (χ4v) is 7.95. The number of aryl methyl sites for hydroxylation is 1. The van der Waals surface area contributed by atoms with Crippen LogP contribution in [0.4, 0.5) is 0 Å². The average molecular weight is 613 g/mol. The molecular formula is C46H32N2. The first-order valence-electron chi connectivity index (χ1n) is 16.8. The smallest absolute Gasteiger partial charge is 0.0548 e. The average Bonchev–Trinajstić information content (AvgIpc) is 3.68. The van der Waals surface area contributed by atoms with E-state index in [1.165, 1.54) is 88.4 Å². The van der Waals surface area contributed by atoms with E-state index in [1.54, 1.807) is 0 Å². The summed E-state index contributed by atoms with van der Waals surface area (Å²) in [5.74, 6) is 0. The second-order valence-electron chi connectivity index (χ2n) is 12.9. The van der Waals surface area contributed by atoms with Crippen LogP contribution >= 0.6 is 0 Å². The number of hydrogen-bond donors (Lipinski definition) is 0. The first-order chi connectivity index (χ1) is 23.8. The molecule has 0 spiro atoms. The molecule has 0 saturated carbocycles. The number of hydrogen-bond acceptors (Lipinski definition) is 0. The Hall–Kier alpha value is -6.12. The van der Waals surface area contributed by atoms with Crippen LogP contribution < -0.4 is 0 Å². The summed E-state index contributed by atoms with van der Waals surface area (Å²) < 4.78 is 4.93. The maximum Gasteiger partial charge on any atom is 0.0548 e. The number of rotatable bonds is 4. The van der Waals surface area contributed by atoms with Gasteiger partial charge in [-0.2, -0.15) is 0 Å². The van der Waals surface area contributed by atoms with Gasteiger partial charge in [-0.05, 0) is 100.0 Å².